The first-order valence-electron chi connectivity index (χ1n) is 14.7. The Morgan fingerprint density at radius 2 is 1.79 bits per heavy atom. The summed E-state index contributed by atoms with van der Waals surface area (Å²) in [5, 5.41) is 0. The summed E-state index contributed by atoms with van der Waals surface area (Å²) in [6, 6.07) is 12.2. The van der Waals surface area contributed by atoms with Crippen LogP contribution in [0.3, 0.4) is 0 Å². The van der Waals surface area contributed by atoms with Gasteiger partial charge in [0.25, 0.3) is 0 Å². The van der Waals surface area contributed by atoms with E-state index in [4.69, 9.17) is 4.74 Å². The van der Waals surface area contributed by atoms with Gasteiger partial charge in [-0.1, -0.05) is 59.1 Å². The van der Waals surface area contributed by atoms with Gasteiger partial charge in [0, 0.05) is 37.3 Å². The molecule has 2 aromatic carbocycles. The molecule has 0 bridgehead atoms. The molecule has 0 spiro atoms. The van der Waals surface area contributed by atoms with Gasteiger partial charge >= 0.3 is 0 Å². The summed E-state index contributed by atoms with van der Waals surface area (Å²) in [7, 11) is 3.57. The minimum atomic E-state index is -0.277. The largest absolute Gasteiger partial charge is 0.495 e. The molecule has 6 nitrogen and oxygen atoms in total. The molecule has 0 N–H and O–H groups in total. The van der Waals surface area contributed by atoms with Crippen molar-refractivity contribution in [1.82, 2.24) is 19.4 Å². The Kier molecular flexibility index (Phi) is 13.3. The van der Waals surface area contributed by atoms with Crippen LogP contribution in [0, 0.1) is 18.7 Å². The van der Waals surface area contributed by atoms with Crippen molar-refractivity contribution in [2.45, 2.75) is 60.4 Å². The second-order valence-electron chi connectivity index (χ2n) is 9.86. The molecule has 226 valence electrons. The van der Waals surface area contributed by atoms with Crippen LogP contribution in [0.25, 0.3) is 11.3 Å². The molecular formula is C35H47FN4O2. The first-order chi connectivity index (χ1) is 20.2. The number of likely N-dealkylation sites (N-methyl/N-ethyl adjacent to an activating group) is 1. The van der Waals surface area contributed by atoms with Crippen molar-refractivity contribution in [1.29, 1.82) is 0 Å². The van der Waals surface area contributed by atoms with Crippen LogP contribution in [0.2, 0.25) is 0 Å². The van der Waals surface area contributed by atoms with Gasteiger partial charge < -0.3 is 19.1 Å². The maximum atomic E-state index is 13.5. The number of ether oxygens (including phenoxy) is 1. The number of carbonyl (C=O) groups excluding carboxylic acids is 1. The van der Waals surface area contributed by atoms with E-state index in [-0.39, 0.29) is 11.9 Å². The lowest BCUT2D eigenvalue weighted by atomic mass is 9.95. The van der Waals surface area contributed by atoms with Gasteiger partial charge in [-0.15, -0.1) is 0 Å². The van der Waals surface area contributed by atoms with Gasteiger partial charge in [0.15, 0.2) is 0 Å². The van der Waals surface area contributed by atoms with Crippen LogP contribution >= 0.6 is 0 Å². The molecule has 0 aliphatic heterocycles. The fourth-order valence-corrected chi connectivity index (χ4v) is 4.39. The van der Waals surface area contributed by atoms with E-state index in [1.165, 1.54) is 12.1 Å². The number of allylic oxidation sites excluding steroid dienone is 1. The van der Waals surface area contributed by atoms with Crippen LogP contribution < -0.4 is 4.74 Å². The van der Waals surface area contributed by atoms with Crippen LogP contribution in [0.5, 0.6) is 5.75 Å². The highest BCUT2D eigenvalue weighted by Crippen LogP contribution is 2.36. The van der Waals surface area contributed by atoms with Gasteiger partial charge in [0.2, 0.25) is 6.41 Å². The van der Waals surface area contributed by atoms with Gasteiger partial charge in [0.1, 0.15) is 11.6 Å². The Hall–Kier alpha value is -4.13. The molecule has 1 aromatic heterocycles. The molecule has 1 aliphatic carbocycles. The fraction of sp³-hybridized carbons (Fsp3) is 0.371. The minimum absolute atomic E-state index is 0.0891. The number of imidazole rings is 1. The molecular weight excluding hydrogens is 527 g/mol. The number of hydrogen-bond donors (Lipinski definition) is 0. The van der Waals surface area contributed by atoms with Crippen molar-refractivity contribution in [2.24, 2.45) is 5.92 Å². The Bertz CT molecular complexity index is 1360. The summed E-state index contributed by atoms with van der Waals surface area (Å²) in [6.07, 6.45) is 8.63. The van der Waals surface area contributed by atoms with Crippen molar-refractivity contribution in [3.63, 3.8) is 0 Å². The number of carbonyl (C=O) groups is 1. The number of methoxy groups -OCH3 is 1. The van der Waals surface area contributed by atoms with Crippen LogP contribution in [0.4, 0.5) is 4.39 Å². The quantitative estimate of drug-likeness (QED) is 0.161. The SMILES string of the molecule is C=C(/C(=C/N(C=O)CC1CC1)C(=C)N(C)C(C)c1ccc(F)cc1)c1ccc(-n2cnc(C)c2)c(OC)c1.CC.CC. The fourth-order valence-electron chi connectivity index (χ4n) is 4.39. The Morgan fingerprint density at radius 3 is 2.31 bits per heavy atom. The number of aromatic nitrogens is 2. The summed E-state index contributed by atoms with van der Waals surface area (Å²) in [5.41, 5.74) is 5.71. The third-order valence-electron chi connectivity index (χ3n) is 7.11. The molecule has 1 saturated carbocycles. The molecule has 0 saturated heterocycles. The highest BCUT2D eigenvalue weighted by Gasteiger charge is 2.25. The van der Waals surface area contributed by atoms with Crippen molar-refractivity contribution in [2.75, 3.05) is 20.7 Å². The van der Waals surface area contributed by atoms with Crippen molar-refractivity contribution < 1.29 is 13.9 Å². The van der Waals surface area contributed by atoms with Gasteiger partial charge in [-0.2, -0.15) is 0 Å². The molecule has 1 fully saturated rings. The second kappa shape index (κ2) is 16.3. The van der Waals surface area contributed by atoms with E-state index in [2.05, 4.69) is 18.1 Å². The van der Waals surface area contributed by atoms with E-state index < -0.39 is 0 Å². The minimum Gasteiger partial charge on any atom is -0.495 e. The predicted octanol–water partition coefficient (Wildman–Crippen LogP) is 8.35. The highest BCUT2D eigenvalue weighted by molar-refractivity contribution is 5.83. The van der Waals surface area contributed by atoms with Gasteiger partial charge in [-0.25, -0.2) is 9.37 Å². The summed E-state index contributed by atoms with van der Waals surface area (Å²) >= 11 is 0. The first-order valence-corrected chi connectivity index (χ1v) is 14.7. The molecule has 1 amide bonds. The van der Waals surface area contributed by atoms with Crippen molar-refractivity contribution >= 4 is 12.0 Å². The highest BCUT2D eigenvalue weighted by atomic mass is 19.1. The summed E-state index contributed by atoms with van der Waals surface area (Å²) in [4.78, 5) is 20.0. The normalized spacial score (nSPS) is 13.0. The number of aryl methyl sites for hydroxylation is 1. The molecule has 7 heteroatoms. The number of nitrogens with zero attached hydrogens (tertiary/aromatic N) is 4. The number of amides is 1. The van der Waals surface area contributed by atoms with E-state index in [0.717, 1.165) is 47.3 Å². The lowest BCUT2D eigenvalue weighted by Gasteiger charge is -2.32. The van der Waals surface area contributed by atoms with Crippen LogP contribution in [-0.4, -0.2) is 46.5 Å². The molecule has 1 unspecified atom stereocenters. The molecule has 1 aliphatic rings. The number of benzene rings is 2. The monoisotopic (exact) mass is 574 g/mol. The second-order valence-corrected chi connectivity index (χ2v) is 9.86. The topological polar surface area (TPSA) is 50.6 Å². The van der Waals surface area contributed by atoms with E-state index >= 15 is 0 Å². The Balaban J connectivity index is 0.00000148. The number of hydrogen-bond acceptors (Lipinski definition) is 4. The van der Waals surface area contributed by atoms with Gasteiger partial charge in [-0.3, -0.25) is 4.79 Å². The standard InChI is InChI=1S/C31H35FN4O2.2C2H6/c1-21-16-36(19-33-21)30-14-11-27(15-31(30)38-6)22(2)29(18-35(20-37)17-25-7-8-25)24(4)34(5)23(3)26-9-12-28(32)13-10-26;2*1-2/h9-16,18-20,23,25H,2,4,7-8,17H2,1,3,5-6H3;2*1-2H3/b29-18-;;. The summed E-state index contributed by atoms with van der Waals surface area (Å²) in [6.45, 7) is 21.4. The van der Waals surface area contributed by atoms with E-state index in [0.29, 0.717) is 29.5 Å². The Labute approximate surface area is 251 Å². The lowest BCUT2D eigenvalue weighted by Crippen LogP contribution is -2.25. The molecule has 1 atom stereocenters. The summed E-state index contributed by atoms with van der Waals surface area (Å²) in [5.74, 6) is 0.915. The van der Waals surface area contributed by atoms with Crippen molar-refractivity contribution in [3.8, 4) is 11.4 Å². The third-order valence-corrected chi connectivity index (χ3v) is 7.11. The lowest BCUT2D eigenvalue weighted by molar-refractivity contribution is -0.116. The summed E-state index contributed by atoms with van der Waals surface area (Å²) < 4.78 is 21.1. The van der Waals surface area contributed by atoms with Gasteiger partial charge in [0.05, 0.1) is 30.9 Å². The van der Waals surface area contributed by atoms with Crippen LogP contribution in [0.15, 0.2) is 85.6 Å². The maximum absolute atomic E-state index is 13.5. The predicted molar refractivity (Wildman–Crippen MR) is 172 cm³/mol. The van der Waals surface area contributed by atoms with E-state index in [1.54, 1.807) is 30.5 Å². The van der Waals surface area contributed by atoms with E-state index in [1.807, 2.05) is 88.7 Å². The molecule has 42 heavy (non-hydrogen) atoms. The maximum Gasteiger partial charge on any atom is 0.213 e. The zero-order chi connectivity index (χ0) is 31.4. The van der Waals surface area contributed by atoms with E-state index in [9.17, 15) is 9.18 Å². The average molecular weight is 575 g/mol. The zero-order valence-corrected chi connectivity index (χ0v) is 26.5. The van der Waals surface area contributed by atoms with Crippen LogP contribution in [0.1, 0.15) is 70.3 Å². The number of halogens is 1. The Morgan fingerprint density at radius 1 is 1.14 bits per heavy atom. The molecule has 0 radical (unpaired) electrons. The first kappa shape index (κ1) is 34.1. The molecule has 4 rings (SSSR count). The van der Waals surface area contributed by atoms with Crippen molar-refractivity contribution in [3.05, 3.63) is 108 Å². The van der Waals surface area contributed by atoms with Crippen LogP contribution in [-0.2, 0) is 4.79 Å². The smallest absolute Gasteiger partial charge is 0.213 e. The third kappa shape index (κ3) is 8.68. The zero-order valence-electron chi connectivity index (χ0n) is 26.5. The molecule has 1 heterocycles. The average Bonchev–Trinajstić information content (AvgIpc) is 3.75. The number of rotatable bonds is 12. The van der Waals surface area contributed by atoms with Gasteiger partial charge in [-0.05, 0) is 73.6 Å². The molecule has 3 aromatic rings.